The second-order valence-corrected chi connectivity index (χ2v) is 5.47. The summed E-state index contributed by atoms with van der Waals surface area (Å²) in [5.41, 5.74) is 0.823. The van der Waals surface area contributed by atoms with Crippen LogP contribution in [0.2, 0.25) is 0 Å². The van der Waals surface area contributed by atoms with Crippen molar-refractivity contribution in [1.82, 2.24) is 14.5 Å². The number of nitrogens with one attached hydrogen (secondary N) is 1. The highest BCUT2D eigenvalue weighted by molar-refractivity contribution is 7.22. The lowest BCUT2D eigenvalue weighted by Crippen LogP contribution is -2.21. The highest BCUT2D eigenvalue weighted by Gasteiger charge is 2.08. The van der Waals surface area contributed by atoms with Gasteiger partial charge >= 0.3 is 0 Å². The molecular weight excluding hydrogens is 263 g/mol. The number of fused-ring (bicyclic) bond motifs is 1. The molecule has 2 aromatic heterocycles. The summed E-state index contributed by atoms with van der Waals surface area (Å²) in [5.74, 6) is -0.228. The molecule has 2 heterocycles. The Morgan fingerprint density at radius 1 is 1.47 bits per heavy atom. The van der Waals surface area contributed by atoms with E-state index in [1.54, 1.807) is 18.6 Å². The Hall–Kier alpha value is -1.95. The number of hydrogen-bond donors (Lipinski definition) is 1. The van der Waals surface area contributed by atoms with Gasteiger partial charge in [0.05, 0.1) is 16.5 Å². The first-order valence-corrected chi connectivity index (χ1v) is 6.81. The van der Waals surface area contributed by atoms with Gasteiger partial charge in [0, 0.05) is 25.0 Å². The highest BCUT2D eigenvalue weighted by Crippen LogP contribution is 2.26. The van der Waals surface area contributed by atoms with Gasteiger partial charge in [0.2, 0.25) is 0 Å². The van der Waals surface area contributed by atoms with E-state index in [1.807, 2.05) is 10.8 Å². The molecule has 3 aromatic rings. The SMILES string of the molecule is CC(Cn1ccnc1)Nc1nc2ccc(F)cc2s1. The second kappa shape index (κ2) is 4.97. The summed E-state index contributed by atoms with van der Waals surface area (Å²) in [6.45, 7) is 2.89. The van der Waals surface area contributed by atoms with Crippen molar-refractivity contribution in [2.45, 2.75) is 19.5 Å². The highest BCUT2D eigenvalue weighted by atomic mass is 32.1. The van der Waals surface area contributed by atoms with Crippen molar-refractivity contribution in [1.29, 1.82) is 0 Å². The lowest BCUT2D eigenvalue weighted by Gasteiger charge is -2.12. The summed E-state index contributed by atoms with van der Waals surface area (Å²) >= 11 is 1.47. The van der Waals surface area contributed by atoms with E-state index in [4.69, 9.17) is 0 Å². The zero-order valence-corrected chi connectivity index (χ0v) is 11.2. The molecule has 19 heavy (non-hydrogen) atoms. The molecule has 0 saturated carbocycles. The van der Waals surface area contributed by atoms with Crippen molar-refractivity contribution in [3.8, 4) is 0 Å². The number of nitrogens with zero attached hydrogens (tertiary/aromatic N) is 3. The number of imidazole rings is 1. The molecule has 0 aliphatic heterocycles. The van der Waals surface area contributed by atoms with Crippen molar-refractivity contribution in [3.05, 3.63) is 42.7 Å². The van der Waals surface area contributed by atoms with Crippen LogP contribution in [0.3, 0.4) is 0 Å². The van der Waals surface area contributed by atoms with Crippen LogP contribution >= 0.6 is 11.3 Å². The van der Waals surface area contributed by atoms with Crippen molar-refractivity contribution in [2.75, 3.05) is 5.32 Å². The molecule has 3 rings (SSSR count). The Labute approximate surface area is 113 Å². The normalized spacial score (nSPS) is 12.7. The molecule has 1 atom stereocenters. The average Bonchev–Trinajstić information content (AvgIpc) is 2.97. The Bertz CT molecular complexity index is 677. The maximum atomic E-state index is 13.1. The minimum absolute atomic E-state index is 0.222. The third-order valence-electron chi connectivity index (χ3n) is 2.76. The van der Waals surface area contributed by atoms with Gasteiger partial charge in [-0.25, -0.2) is 14.4 Å². The van der Waals surface area contributed by atoms with Gasteiger partial charge in [-0.3, -0.25) is 0 Å². The Kier molecular flexibility index (Phi) is 3.16. The number of halogens is 1. The van der Waals surface area contributed by atoms with Gasteiger partial charge in [-0.2, -0.15) is 0 Å². The molecule has 1 aromatic carbocycles. The van der Waals surface area contributed by atoms with E-state index >= 15 is 0 Å². The minimum atomic E-state index is -0.228. The first kappa shape index (κ1) is 12.1. The topological polar surface area (TPSA) is 42.7 Å². The van der Waals surface area contributed by atoms with Crippen molar-refractivity contribution >= 4 is 26.7 Å². The fourth-order valence-electron chi connectivity index (χ4n) is 1.93. The van der Waals surface area contributed by atoms with Crippen LogP contribution in [0.1, 0.15) is 6.92 Å². The van der Waals surface area contributed by atoms with E-state index in [1.165, 1.54) is 23.5 Å². The first-order valence-electron chi connectivity index (χ1n) is 5.99. The molecule has 0 aliphatic rings. The van der Waals surface area contributed by atoms with Crippen LogP contribution in [-0.2, 0) is 6.54 Å². The first-order chi connectivity index (χ1) is 9.20. The van der Waals surface area contributed by atoms with E-state index in [0.717, 1.165) is 21.9 Å². The molecule has 0 amide bonds. The maximum absolute atomic E-state index is 13.1. The summed E-state index contributed by atoms with van der Waals surface area (Å²) in [4.78, 5) is 8.45. The quantitative estimate of drug-likeness (QED) is 0.796. The smallest absolute Gasteiger partial charge is 0.184 e. The minimum Gasteiger partial charge on any atom is -0.357 e. The number of benzene rings is 1. The molecule has 0 fully saturated rings. The number of hydrogen-bond acceptors (Lipinski definition) is 4. The molecule has 4 nitrogen and oxygen atoms in total. The van der Waals surface area contributed by atoms with Crippen LogP contribution < -0.4 is 5.32 Å². The van der Waals surface area contributed by atoms with Crippen LogP contribution in [-0.4, -0.2) is 20.6 Å². The van der Waals surface area contributed by atoms with Gasteiger partial charge in [-0.05, 0) is 25.1 Å². The van der Waals surface area contributed by atoms with Gasteiger partial charge in [-0.1, -0.05) is 11.3 Å². The summed E-state index contributed by atoms with van der Waals surface area (Å²) in [6.07, 6.45) is 5.46. The fraction of sp³-hybridized carbons (Fsp3) is 0.231. The van der Waals surface area contributed by atoms with E-state index in [-0.39, 0.29) is 11.9 Å². The molecule has 0 bridgehead atoms. The van der Waals surface area contributed by atoms with Gasteiger partial charge in [0.15, 0.2) is 5.13 Å². The van der Waals surface area contributed by atoms with Gasteiger partial charge in [-0.15, -0.1) is 0 Å². The van der Waals surface area contributed by atoms with Crippen molar-refractivity contribution < 1.29 is 4.39 Å². The van der Waals surface area contributed by atoms with Crippen molar-refractivity contribution in [3.63, 3.8) is 0 Å². The third-order valence-corrected chi connectivity index (χ3v) is 3.71. The summed E-state index contributed by atoms with van der Waals surface area (Å²) in [5, 5.41) is 4.14. The van der Waals surface area contributed by atoms with Gasteiger partial charge < -0.3 is 9.88 Å². The molecule has 1 unspecified atom stereocenters. The van der Waals surface area contributed by atoms with E-state index in [0.29, 0.717) is 0 Å². The van der Waals surface area contributed by atoms with Crippen LogP contribution in [0.5, 0.6) is 0 Å². The van der Waals surface area contributed by atoms with Crippen LogP contribution in [0, 0.1) is 5.82 Å². The summed E-state index contributed by atoms with van der Waals surface area (Å²) in [6, 6.07) is 4.87. The monoisotopic (exact) mass is 276 g/mol. The Morgan fingerprint density at radius 2 is 2.37 bits per heavy atom. The number of rotatable bonds is 4. The Morgan fingerprint density at radius 3 is 3.16 bits per heavy atom. The lowest BCUT2D eigenvalue weighted by molar-refractivity contribution is 0.618. The predicted octanol–water partition coefficient (Wildman–Crippen LogP) is 3.13. The van der Waals surface area contributed by atoms with E-state index in [9.17, 15) is 4.39 Å². The van der Waals surface area contributed by atoms with E-state index in [2.05, 4.69) is 22.2 Å². The molecule has 6 heteroatoms. The van der Waals surface area contributed by atoms with Crippen molar-refractivity contribution in [2.24, 2.45) is 0 Å². The average molecular weight is 276 g/mol. The van der Waals surface area contributed by atoms with E-state index < -0.39 is 0 Å². The Balaban J connectivity index is 1.74. The van der Waals surface area contributed by atoms with Gasteiger partial charge in [0.25, 0.3) is 0 Å². The maximum Gasteiger partial charge on any atom is 0.184 e. The lowest BCUT2D eigenvalue weighted by atomic mass is 10.3. The fourth-order valence-corrected chi connectivity index (χ4v) is 2.93. The third kappa shape index (κ3) is 2.73. The predicted molar refractivity (Wildman–Crippen MR) is 74.9 cm³/mol. The number of anilines is 1. The summed E-state index contributed by atoms with van der Waals surface area (Å²) in [7, 11) is 0. The number of aromatic nitrogens is 3. The molecule has 0 aliphatic carbocycles. The zero-order valence-electron chi connectivity index (χ0n) is 10.4. The number of thiazole rings is 1. The molecule has 0 spiro atoms. The molecular formula is C13H13FN4S. The molecule has 0 radical (unpaired) electrons. The second-order valence-electron chi connectivity index (χ2n) is 4.44. The molecule has 98 valence electrons. The van der Waals surface area contributed by atoms with Crippen LogP contribution in [0.25, 0.3) is 10.2 Å². The van der Waals surface area contributed by atoms with Crippen LogP contribution in [0.4, 0.5) is 9.52 Å². The van der Waals surface area contributed by atoms with Crippen LogP contribution in [0.15, 0.2) is 36.9 Å². The molecule has 1 N–H and O–H groups in total. The summed E-state index contributed by atoms with van der Waals surface area (Å²) < 4.78 is 16.0. The van der Waals surface area contributed by atoms with Gasteiger partial charge in [0.1, 0.15) is 5.82 Å². The largest absolute Gasteiger partial charge is 0.357 e. The standard InChI is InChI=1S/C13H13FN4S/c1-9(7-18-5-4-15-8-18)16-13-17-11-3-2-10(14)6-12(11)19-13/h2-6,8-9H,7H2,1H3,(H,16,17). The molecule has 0 saturated heterocycles. The zero-order chi connectivity index (χ0) is 13.2.